The van der Waals surface area contributed by atoms with Crippen molar-refractivity contribution in [1.29, 1.82) is 0 Å². The van der Waals surface area contributed by atoms with Gasteiger partial charge in [0.25, 0.3) is 5.91 Å². The third-order valence-electron chi connectivity index (χ3n) is 5.15. The minimum atomic E-state index is -0.0254. The molecular weight excluding hydrogens is 398 g/mol. The molecule has 31 heavy (non-hydrogen) atoms. The molecule has 2 aromatic heterocycles. The maximum atomic E-state index is 12.5. The van der Waals surface area contributed by atoms with Gasteiger partial charge in [-0.1, -0.05) is 12.1 Å². The summed E-state index contributed by atoms with van der Waals surface area (Å²) in [7, 11) is 1.61. The molecule has 0 atom stereocenters. The monoisotopic (exact) mass is 423 g/mol. The predicted molar refractivity (Wildman–Crippen MR) is 114 cm³/mol. The van der Waals surface area contributed by atoms with Crippen LogP contribution in [0.5, 0.6) is 11.5 Å². The lowest BCUT2D eigenvalue weighted by atomic mass is 10.2. The van der Waals surface area contributed by atoms with Crippen molar-refractivity contribution in [3.05, 3.63) is 48.5 Å². The molecule has 0 saturated carbocycles. The van der Waals surface area contributed by atoms with E-state index in [0.29, 0.717) is 50.1 Å². The molecular formula is C22H25N5O4. The zero-order chi connectivity index (χ0) is 21.6. The molecule has 9 heteroatoms. The maximum Gasteiger partial charge on any atom is 0.260 e. The number of piperazine rings is 1. The van der Waals surface area contributed by atoms with E-state index in [0.717, 1.165) is 17.1 Å². The molecule has 0 bridgehead atoms. The first-order chi connectivity index (χ1) is 15.2. The van der Waals surface area contributed by atoms with Crippen LogP contribution in [0.2, 0.25) is 0 Å². The number of nitrogens with zero attached hydrogens (tertiary/aromatic N) is 5. The number of amides is 1. The third kappa shape index (κ3) is 4.93. The lowest BCUT2D eigenvalue weighted by molar-refractivity contribution is -0.133. The van der Waals surface area contributed by atoms with E-state index in [1.54, 1.807) is 37.6 Å². The van der Waals surface area contributed by atoms with Crippen molar-refractivity contribution in [2.75, 3.05) is 44.8 Å². The summed E-state index contributed by atoms with van der Waals surface area (Å²) in [5, 5.41) is 3.97. The second-order valence-corrected chi connectivity index (χ2v) is 7.10. The molecule has 4 rings (SSSR count). The molecule has 1 amide bonds. The summed E-state index contributed by atoms with van der Waals surface area (Å²) in [5.74, 6) is 3.38. The number of pyridine rings is 1. The van der Waals surface area contributed by atoms with E-state index >= 15 is 0 Å². The Labute approximate surface area is 180 Å². The number of methoxy groups -OCH3 is 1. The first-order valence-corrected chi connectivity index (χ1v) is 10.2. The summed E-state index contributed by atoms with van der Waals surface area (Å²) < 4.78 is 15.9. The zero-order valence-electron chi connectivity index (χ0n) is 17.7. The predicted octanol–water partition coefficient (Wildman–Crippen LogP) is 2.43. The molecule has 0 aliphatic carbocycles. The maximum absolute atomic E-state index is 12.5. The first kappa shape index (κ1) is 20.6. The number of anilines is 1. The normalized spacial score (nSPS) is 13.9. The Hall–Kier alpha value is -3.62. The van der Waals surface area contributed by atoms with Gasteiger partial charge in [0.1, 0.15) is 17.3 Å². The Morgan fingerprint density at radius 3 is 2.42 bits per heavy atom. The van der Waals surface area contributed by atoms with Crippen LogP contribution in [-0.4, -0.2) is 65.8 Å². The fourth-order valence-corrected chi connectivity index (χ4v) is 3.31. The fourth-order valence-electron chi connectivity index (χ4n) is 3.31. The molecule has 1 saturated heterocycles. The summed E-state index contributed by atoms with van der Waals surface area (Å²) in [5.41, 5.74) is 0.816. The molecule has 1 aliphatic heterocycles. The number of carbonyl (C=O) groups excluding carboxylic acids is 1. The number of aromatic nitrogens is 3. The van der Waals surface area contributed by atoms with Gasteiger partial charge >= 0.3 is 0 Å². The van der Waals surface area contributed by atoms with Gasteiger partial charge in [0.15, 0.2) is 6.61 Å². The van der Waals surface area contributed by atoms with E-state index in [9.17, 15) is 4.79 Å². The summed E-state index contributed by atoms with van der Waals surface area (Å²) in [6.07, 6.45) is 2.45. The molecule has 0 unspecified atom stereocenters. The third-order valence-corrected chi connectivity index (χ3v) is 5.15. The number of aryl methyl sites for hydroxylation is 1. The Morgan fingerprint density at radius 1 is 1.06 bits per heavy atom. The minimum absolute atomic E-state index is 0.0176. The molecule has 0 N–H and O–H groups in total. The summed E-state index contributed by atoms with van der Waals surface area (Å²) >= 11 is 0. The molecule has 1 aliphatic rings. The van der Waals surface area contributed by atoms with Crippen LogP contribution >= 0.6 is 0 Å². The van der Waals surface area contributed by atoms with E-state index < -0.39 is 0 Å². The number of carbonyl (C=O) groups is 1. The molecule has 3 aromatic rings. The molecule has 0 spiro atoms. The smallest absolute Gasteiger partial charge is 0.260 e. The summed E-state index contributed by atoms with van der Waals surface area (Å²) in [6, 6.07) is 11.1. The largest absolute Gasteiger partial charge is 0.497 e. The Balaban J connectivity index is 1.27. The van der Waals surface area contributed by atoms with Crippen molar-refractivity contribution in [2.24, 2.45) is 0 Å². The highest BCUT2D eigenvalue weighted by Gasteiger charge is 2.22. The number of hydrogen-bond acceptors (Lipinski definition) is 8. The van der Waals surface area contributed by atoms with Gasteiger partial charge in [0.2, 0.25) is 11.7 Å². The number of hydrogen-bond donors (Lipinski definition) is 0. The molecule has 9 nitrogen and oxygen atoms in total. The molecule has 1 fully saturated rings. The average molecular weight is 423 g/mol. The molecule has 3 heterocycles. The fraction of sp³-hybridized carbons (Fsp3) is 0.364. The van der Waals surface area contributed by atoms with Crippen LogP contribution < -0.4 is 14.4 Å². The highest BCUT2D eigenvalue weighted by atomic mass is 16.5. The molecule has 162 valence electrons. The van der Waals surface area contributed by atoms with Crippen molar-refractivity contribution < 1.29 is 18.8 Å². The van der Waals surface area contributed by atoms with Crippen LogP contribution in [0, 0.1) is 0 Å². The van der Waals surface area contributed by atoms with Crippen LogP contribution in [0.1, 0.15) is 12.8 Å². The SMILES string of the molecule is CCc1nc(-c2ccc(N3CCN(C(=O)COc4ccc(OC)cc4)CC3)nc2)no1. The number of ether oxygens (including phenoxy) is 2. The van der Waals surface area contributed by atoms with Crippen molar-refractivity contribution in [2.45, 2.75) is 13.3 Å². The number of benzene rings is 1. The lowest BCUT2D eigenvalue weighted by Crippen LogP contribution is -2.50. The van der Waals surface area contributed by atoms with Gasteiger partial charge in [-0.25, -0.2) is 4.98 Å². The van der Waals surface area contributed by atoms with Gasteiger partial charge in [0.05, 0.1) is 7.11 Å². The van der Waals surface area contributed by atoms with E-state index in [2.05, 4.69) is 20.0 Å². The van der Waals surface area contributed by atoms with Gasteiger partial charge in [-0.2, -0.15) is 4.98 Å². The van der Waals surface area contributed by atoms with Gasteiger partial charge in [-0.05, 0) is 36.4 Å². The van der Waals surface area contributed by atoms with Gasteiger partial charge < -0.3 is 23.8 Å². The average Bonchev–Trinajstić information content (AvgIpc) is 3.32. The highest BCUT2D eigenvalue weighted by Crippen LogP contribution is 2.20. The first-order valence-electron chi connectivity index (χ1n) is 10.2. The minimum Gasteiger partial charge on any atom is -0.497 e. The topological polar surface area (TPSA) is 93.8 Å². The van der Waals surface area contributed by atoms with Gasteiger partial charge in [-0.3, -0.25) is 4.79 Å². The quantitative estimate of drug-likeness (QED) is 0.572. The van der Waals surface area contributed by atoms with Crippen LogP contribution in [-0.2, 0) is 11.2 Å². The molecule has 0 radical (unpaired) electrons. The highest BCUT2D eigenvalue weighted by molar-refractivity contribution is 5.78. The van der Waals surface area contributed by atoms with Crippen molar-refractivity contribution in [1.82, 2.24) is 20.0 Å². The van der Waals surface area contributed by atoms with Crippen molar-refractivity contribution >= 4 is 11.7 Å². The van der Waals surface area contributed by atoms with E-state index in [4.69, 9.17) is 14.0 Å². The Kier molecular flexibility index (Phi) is 6.30. The van der Waals surface area contributed by atoms with Crippen molar-refractivity contribution in [3.63, 3.8) is 0 Å². The number of rotatable bonds is 7. The molecule has 1 aromatic carbocycles. The van der Waals surface area contributed by atoms with Gasteiger partial charge in [0, 0.05) is 44.4 Å². The van der Waals surface area contributed by atoms with Crippen LogP contribution in [0.15, 0.2) is 47.1 Å². The van der Waals surface area contributed by atoms with Crippen LogP contribution in [0.3, 0.4) is 0 Å². The van der Waals surface area contributed by atoms with Crippen LogP contribution in [0.25, 0.3) is 11.4 Å². The lowest BCUT2D eigenvalue weighted by Gasteiger charge is -2.35. The van der Waals surface area contributed by atoms with Gasteiger partial charge in [-0.15, -0.1) is 0 Å². The van der Waals surface area contributed by atoms with Crippen LogP contribution in [0.4, 0.5) is 5.82 Å². The second kappa shape index (κ2) is 9.46. The standard InChI is InChI=1S/C22H25N5O4/c1-3-20-24-22(25-31-20)16-4-9-19(23-14-16)26-10-12-27(13-11-26)21(28)15-30-18-7-5-17(29-2)6-8-18/h4-9,14H,3,10-13,15H2,1-2H3. The summed E-state index contributed by atoms with van der Waals surface area (Å²) in [4.78, 5) is 25.3. The Bertz CT molecular complexity index is 996. The van der Waals surface area contributed by atoms with E-state index in [-0.39, 0.29) is 12.5 Å². The van der Waals surface area contributed by atoms with E-state index in [1.165, 1.54) is 0 Å². The van der Waals surface area contributed by atoms with E-state index in [1.807, 2.05) is 24.0 Å². The summed E-state index contributed by atoms with van der Waals surface area (Å²) in [6.45, 7) is 4.65. The van der Waals surface area contributed by atoms with Crippen molar-refractivity contribution in [3.8, 4) is 22.9 Å². The second-order valence-electron chi connectivity index (χ2n) is 7.10. The zero-order valence-corrected chi connectivity index (χ0v) is 17.7. The Morgan fingerprint density at radius 2 is 1.81 bits per heavy atom.